The van der Waals surface area contributed by atoms with Crippen LogP contribution in [0.1, 0.15) is 31.8 Å². The normalized spacial score (nSPS) is 16.7. The molecule has 4 heterocycles. The average Bonchev–Trinajstić information content (AvgIpc) is 3.44. The topological polar surface area (TPSA) is 85.2 Å². The number of fused-ring (bicyclic) bond motifs is 1. The highest BCUT2D eigenvalue weighted by Gasteiger charge is 2.23. The molecule has 9 heteroatoms. The molecule has 1 N–H and O–H groups in total. The second kappa shape index (κ2) is 12.4. The average molecular weight is 567 g/mol. The van der Waals surface area contributed by atoms with E-state index in [0.29, 0.717) is 25.2 Å². The Morgan fingerprint density at radius 3 is 2.10 bits per heavy atom. The fraction of sp³-hybridized carbons (Fsp3) is 0.364. The van der Waals surface area contributed by atoms with E-state index >= 15 is 0 Å². The summed E-state index contributed by atoms with van der Waals surface area (Å²) in [5.74, 6) is -0.182. The van der Waals surface area contributed by atoms with Crippen LogP contribution in [0.4, 0.5) is 5.69 Å². The Kier molecular flexibility index (Phi) is 8.32. The zero-order valence-corrected chi connectivity index (χ0v) is 24.2. The Labute approximate surface area is 246 Å². The van der Waals surface area contributed by atoms with Gasteiger partial charge in [0, 0.05) is 88.2 Å². The number of anilines is 1. The maximum absolute atomic E-state index is 13.2. The number of rotatable bonds is 8. The van der Waals surface area contributed by atoms with Crippen LogP contribution in [-0.4, -0.2) is 107 Å². The first kappa shape index (κ1) is 28.1. The van der Waals surface area contributed by atoms with Gasteiger partial charge >= 0.3 is 0 Å². The minimum Gasteiger partial charge on any atom is -0.388 e. The summed E-state index contributed by atoms with van der Waals surface area (Å²) in [6.45, 7) is 8.35. The van der Waals surface area contributed by atoms with E-state index in [4.69, 9.17) is 10.1 Å². The highest BCUT2D eigenvalue weighted by molar-refractivity contribution is 5.97. The molecule has 0 aliphatic carbocycles. The van der Waals surface area contributed by atoms with Gasteiger partial charge in [-0.2, -0.15) is 0 Å². The van der Waals surface area contributed by atoms with Gasteiger partial charge in [0.1, 0.15) is 12.3 Å². The number of nitrogens with zero attached hydrogens (tertiary/aromatic N) is 6. The van der Waals surface area contributed by atoms with Crippen molar-refractivity contribution in [2.75, 3.05) is 70.9 Å². The minimum atomic E-state index is -0.482. The van der Waals surface area contributed by atoms with Crippen molar-refractivity contribution in [2.45, 2.75) is 13.1 Å². The third-order valence-electron chi connectivity index (χ3n) is 8.49. The smallest absolute Gasteiger partial charge is 0.253 e. The van der Waals surface area contributed by atoms with Gasteiger partial charge in [-0.15, -0.1) is 0 Å². The quantitative estimate of drug-likeness (QED) is 0.328. The number of benzene rings is 2. The fourth-order valence-electron chi connectivity index (χ4n) is 5.82. The second-order valence-corrected chi connectivity index (χ2v) is 11.4. The fourth-order valence-corrected chi connectivity index (χ4v) is 5.82. The monoisotopic (exact) mass is 566 g/mol. The SMILES string of the molecule is CN1CCN(Cc2ccc(C(=O)N3CCN(c4cnc5c(ccn5Cc5ccc(C(=O)CO)cc5)c4)CC3)cc2)CC1. The lowest BCUT2D eigenvalue weighted by molar-refractivity contribution is 0.0746. The molecular weight excluding hydrogens is 528 g/mol. The number of aliphatic hydroxyl groups excluding tert-OH is 1. The van der Waals surface area contributed by atoms with Crippen LogP contribution in [-0.2, 0) is 13.1 Å². The highest BCUT2D eigenvalue weighted by atomic mass is 16.3. The molecule has 0 atom stereocenters. The number of aromatic nitrogens is 2. The van der Waals surface area contributed by atoms with Crippen LogP contribution in [0.2, 0.25) is 0 Å². The molecule has 0 radical (unpaired) electrons. The number of hydrogen-bond acceptors (Lipinski definition) is 7. The first-order chi connectivity index (χ1) is 20.5. The summed E-state index contributed by atoms with van der Waals surface area (Å²) in [5, 5.41) is 10.1. The standard InChI is InChI=1S/C33H38N6O3/c1-35-12-14-36(15-13-35)22-25-4-8-28(9-5-25)33(42)38-18-16-37(17-19-38)30-20-29-10-11-39(32(29)34-21-30)23-26-2-6-27(7-3-26)31(41)24-40/h2-11,20-21,40H,12-19,22-24H2,1H3. The first-order valence-corrected chi connectivity index (χ1v) is 14.7. The Morgan fingerprint density at radius 2 is 1.43 bits per heavy atom. The van der Waals surface area contributed by atoms with Gasteiger partial charge in [-0.3, -0.25) is 14.5 Å². The summed E-state index contributed by atoms with van der Waals surface area (Å²) >= 11 is 0. The lowest BCUT2D eigenvalue weighted by atomic mass is 10.1. The van der Waals surface area contributed by atoms with Crippen LogP contribution in [0.5, 0.6) is 0 Å². The molecule has 0 spiro atoms. The summed E-state index contributed by atoms with van der Waals surface area (Å²) in [4.78, 5) is 38.8. The number of pyridine rings is 1. The molecule has 4 aromatic rings. The molecule has 2 aromatic carbocycles. The number of aliphatic hydroxyl groups is 1. The molecule has 0 saturated carbocycles. The van der Waals surface area contributed by atoms with Crippen LogP contribution in [0.25, 0.3) is 11.0 Å². The van der Waals surface area contributed by atoms with Crippen molar-refractivity contribution >= 4 is 28.4 Å². The third-order valence-corrected chi connectivity index (χ3v) is 8.49. The predicted octanol–water partition coefficient (Wildman–Crippen LogP) is 2.97. The Balaban J connectivity index is 1.03. The Hall–Kier alpha value is -4.05. The Morgan fingerprint density at radius 1 is 0.786 bits per heavy atom. The molecule has 2 fully saturated rings. The van der Waals surface area contributed by atoms with E-state index in [1.165, 1.54) is 5.56 Å². The molecular formula is C33H38N6O3. The number of carbonyl (C=O) groups is 2. The molecule has 2 aromatic heterocycles. The molecule has 2 saturated heterocycles. The van der Waals surface area contributed by atoms with Crippen molar-refractivity contribution in [2.24, 2.45) is 0 Å². The van der Waals surface area contributed by atoms with Crippen molar-refractivity contribution in [3.8, 4) is 0 Å². The van der Waals surface area contributed by atoms with Crippen LogP contribution >= 0.6 is 0 Å². The van der Waals surface area contributed by atoms with Crippen molar-refractivity contribution in [1.29, 1.82) is 0 Å². The Bertz CT molecular complexity index is 1530. The number of amides is 1. The summed E-state index contributed by atoms with van der Waals surface area (Å²) in [6, 6.07) is 19.7. The van der Waals surface area contributed by atoms with E-state index in [1.54, 1.807) is 12.1 Å². The summed E-state index contributed by atoms with van der Waals surface area (Å²) in [7, 11) is 2.17. The van der Waals surface area contributed by atoms with E-state index in [2.05, 4.69) is 50.6 Å². The molecule has 6 rings (SSSR count). The van der Waals surface area contributed by atoms with Gasteiger partial charge in [-0.1, -0.05) is 36.4 Å². The lowest BCUT2D eigenvalue weighted by Gasteiger charge is -2.36. The van der Waals surface area contributed by atoms with Crippen molar-refractivity contribution in [1.82, 2.24) is 24.3 Å². The third kappa shape index (κ3) is 6.23. The van der Waals surface area contributed by atoms with Gasteiger partial charge in [-0.25, -0.2) is 4.98 Å². The number of piperazine rings is 2. The van der Waals surface area contributed by atoms with E-state index < -0.39 is 6.61 Å². The number of Topliss-reactive ketones (excluding diaryl/α,β-unsaturated/α-hetero) is 1. The minimum absolute atomic E-state index is 0.0974. The van der Waals surface area contributed by atoms with Gasteiger partial charge in [0.25, 0.3) is 5.91 Å². The van der Waals surface area contributed by atoms with E-state index in [-0.39, 0.29) is 11.7 Å². The summed E-state index contributed by atoms with van der Waals surface area (Å²) in [6.07, 6.45) is 3.94. The maximum atomic E-state index is 13.2. The molecule has 42 heavy (non-hydrogen) atoms. The van der Waals surface area contributed by atoms with Crippen LogP contribution in [0.15, 0.2) is 73.1 Å². The first-order valence-electron chi connectivity index (χ1n) is 14.7. The zero-order valence-electron chi connectivity index (χ0n) is 24.2. The second-order valence-electron chi connectivity index (χ2n) is 11.4. The van der Waals surface area contributed by atoms with E-state index in [9.17, 15) is 9.59 Å². The van der Waals surface area contributed by atoms with Crippen LogP contribution < -0.4 is 4.90 Å². The summed E-state index contributed by atoms with van der Waals surface area (Å²) in [5.41, 5.74) is 5.54. The van der Waals surface area contributed by atoms with E-state index in [1.807, 2.05) is 41.6 Å². The molecule has 0 bridgehead atoms. The number of likely N-dealkylation sites (N-methyl/N-ethyl adjacent to an activating group) is 1. The maximum Gasteiger partial charge on any atom is 0.253 e. The molecule has 0 unspecified atom stereocenters. The molecule has 1 amide bonds. The zero-order chi connectivity index (χ0) is 29.1. The van der Waals surface area contributed by atoms with Gasteiger partial charge in [0.2, 0.25) is 0 Å². The van der Waals surface area contributed by atoms with Gasteiger partial charge in [-0.05, 0) is 42.4 Å². The number of ketones is 1. The number of carbonyl (C=O) groups excluding carboxylic acids is 2. The van der Waals surface area contributed by atoms with E-state index in [0.717, 1.165) is 73.7 Å². The van der Waals surface area contributed by atoms with Crippen molar-refractivity contribution < 1.29 is 14.7 Å². The largest absolute Gasteiger partial charge is 0.388 e. The van der Waals surface area contributed by atoms with Gasteiger partial charge < -0.3 is 24.4 Å². The van der Waals surface area contributed by atoms with Gasteiger partial charge in [0.05, 0.1) is 11.9 Å². The predicted molar refractivity (Wildman–Crippen MR) is 164 cm³/mol. The lowest BCUT2D eigenvalue weighted by Crippen LogP contribution is -2.48. The molecule has 2 aliphatic rings. The summed E-state index contributed by atoms with van der Waals surface area (Å²) < 4.78 is 2.09. The van der Waals surface area contributed by atoms with Crippen molar-refractivity contribution in [3.63, 3.8) is 0 Å². The van der Waals surface area contributed by atoms with Crippen LogP contribution in [0.3, 0.4) is 0 Å². The molecule has 2 aliphatic heterocycles. The highest BCUT2D eigenvalue weighted by Crippen LogP contribution is 2.23. The molecule has 218 valence electrons. The van der Waals surface area contributed by atoms with Crippen molar-refractivity contribution in [3.05, 3.63) is 95.3 Å². The van der Waals surface area contributed by atoms with Crippen LogP contribution in [0, 0.1) is 0 Å². The molecule has 9 nitrogen and oxygen atoms in total. The number of hydrogen-bond donors (Lipinski definition) is 1. The van der Waals surface area contributed by atoms with Gasteiger partial charge in [0.15, 0.2) is 5.78 Å².